The molecule has 3 N–H and O–H groups in total. The molecular weight excluding hydrogens is 205 g/mol. The van der Waals surface area contributed by atoms with E-state index in [4.69, 9.17) is 0 Å². The molecule has 0 aliphatic carbocycles. The van der Waals surface area contributed by atoms with Crippen molar-refractivity contribution >= 4 is 13.0 Å². The molecule has 0 aromatic carbocycles. The number of aliphatic hydroxyl groups is 1. The number of aliphatic hydroxyl groups excluding tert-OH is 1. The van der Waals surface area contributed by atoms with E-state index in [1.807, 2.05) is 13.8 Å². The third kappa shape index (κ3) is 5.73. The summed E-state index contributed by atoms with van der Waals surface area (Å²) in [5.41, 5.74) is 0.599. The lowest BCUT2D eigenvalue weighted by atomic mass is 9.74. The number of amides is 1. The predicted octanol–water partition coefficient (Wildman–Crippen LogP) is 0.662. The highest BCUT2D eigenvalue weighted by Crippen LogP contribution is 2.05. The minimum atomic E-state index is -1.02. The van der Waals surface area contributed by atoms with Crippen molar-refractivity contribution < 1.29 is 14.9 Å². The second-order valence-corrected chi connectivity index (χ2v) is 4.13. The van der Waals surface area contributed by atoms with Crippen LogP contribution >= 0.6 is 0 Å². The molecule has 90 valence electrons. The summed E-state index contributed by atoms with van der Waals surface area (Å²) >= 11 is 0. The first-order valence-corrected chi connectivity index (χ1v) is 5.33. The number of hydrogen-bond acceptors (Lipinski definition) is 3. The molecule has 5 heteroatoms. The van der Waals surface area contributed by atoms with Crippen molar-refractivity contribution in [1.29, 1.82) is 0 Å². The molecule has 0 radical (unpaired) electrons. The molecule has 1 amide bonds. The first-order valence-electron chi connectivity index (χ1n) is 5.33. The van der Waals surface area contributed by atoms with Gasteiger partial charge in [-0.25, -0.2) is 0 Å². The van der Waals surface area contributed by atoms with Crippen LogP contribution in [0.5, 0.6) is 0 Å². The fourth-order valence-corrected chi connectivity index (χ4v) is 1.03. The van der Waals surface area contributed by atoms with Gasteiger partial charge in [0, 0.05) is 0 Å². The standard InChI is InChI=1S/C11H20BNO3/c1-5-6-9(4)12(16)13-11(15)7-10(14)8(2)3/h5-6,8,10,14,16H,1,7H2,2-4H3,(H,13,15)/b9-6+. The van der Waals surface area contributed by atoms with Gasteiger partial charge in [0.15, 0.2) is 0 Å². The van der Waals surface area contributed by atoms with Crippen molar-refractivity contribution in [2.75, 3.05) is 0 Å². The summed E-state index contributed by atoms with van der Waals surface area (Å²) in [5, 5.41) is 21.4. The molecule has 4 nitrogen and oxygen atoms in total. The van der Waals surface area contributed by atoms with Gasteiger partial charge in [-0.05, 0) is 12.8 Å². The van der Waals surface area contributed by atoms with E-state index < -0.39 is 13.2 Å². The van der Waals surface area contributed by atoms with Crippen LogP contribution in [0.25, 0.3) is 0 Å². The highest BCUT2D eigenvalue weighted by Gasteiger charge is 2.20. The Morgan fingerprint density at radius 2 is 2.12 bits per heavy atom. The molecule has 0 spiro atoms. The molecule has 0 bridgehead atoms. The van der Waals surface area contributed by atoms with Gasteiger partial charge in [0.2, 0.25) is 5.91 Å². The van der Waals surface area contributed by atoms with Crippen LogP contribution in [-0.4, -0.2) is 29.2 Å². The normalized spacial score (nSPS) is 13.5. The maximum atomic E-state index is 11.4. The molecule has 0 aliphatic heterocycles. The topological polar surface area (TPSA) is 69.6 Å². The minimum Gasteiger partial charge on any atom is -0.429 e. The molecule has 1 unspecified atom stereocenters. The fourth-order valence-electron chi connectivity index (χ4n) is 1.03. The molecule has 0 saturated carbocycles. The van der Waals surface area contributed by atoms with E-state index in [0.29, 0.717) is 5.47 Å². The van der Waals surface area contributed by atoms with Crippen molar-refractivity contribution in [3.8, 4) is 0 Å². The third-order valence-corrected chi connectivity index (χ3v) is 2.27. The zero-order valence-electron chi connectivity index (χ0n) is 10.1. The first-order chi connectivity index (χ1) is 7.38. The lowest BCUT2D eigenvalue weighted by Crippen LogP contribution is -2.42. The summed E-state index contributed by atoms with van der Waals surface area (Å²) in [6.07, 6.45) is 2.46. The van der Waals surface area contributed by atoms with Crippen LogP contribution in [0.3, 0.4) is 0 Å². The largest absolute Gasteiger partial charge is 0.444 e. The Morgan fingerprint density at radius 1 is 1.56 bits per heavy atom. The van der Waals surface area contributed by atoms with Gasteiger partial charge in [0.05, 0.1) is 12.5 Å². The van der Waals surface area contributed by atoms with E-state index in [1.165, 1.54) is 6.08 Å². The maximum absolute atomic E-state index is 11.4. The monoisotopic (exact) mass is 225 g/mol. The molecule has 0 rings (SSSR count). The smallest absolute Gasteiger partial charge is 0.429 e. The zero-order valence-corrected chi connectivity index (χ0v) is 10.1. The maximum Gasteiger partial charge on any atom is 0.444 e. The predicted molar refractivity (Wildman–Crippen MR) is 65.5 cm³/mol. The second kappa shape index (κ2) is 7.25. The van der Waals surface area contributed by atoms with E-state index in [2.05, 4.69) is 11.8 Å². The lowest BCUT2D eigenvalue weighted by molar-refractivity contribution is -0.122. The zero-order chi connectivity index (χ0) is 12.7. The second-order valence-electron chi connectivity index (χ2n) is 4.13. The van der Waals surface area contributed by atoms with E-state index in [9.17, 15) is 14.9 Å². The van der Waals surface area contributed by atoms with Crippen molar-refractivity contribution in [1.82, 2.24) is 5.23 Å². The fraction of sp³-hybridized carbons (Fsp3) is 0.545. The summed E-state index contributed by atoms with van der Waals surface area (Å²) in [6.45, 7) is 8.84. The number of carbonyl (C=O) groups excluding carboxylic acids is 1. The molecule has 16 heavy (non-hydrogen) atoms. The lowest BCUT2D eigenvalue weighted by Gasteiger charge is -2.15. The van der Waals surface area contributed by atoms with E-state index in [-0.39, 0.29) is 18.2 Å². The SMILES string of the molecule is C=C/C=C(\C)B(O)NC(=O)CC(O)C(C)C. The molecule has 0 heterocycles. The Morgan fingerprint density at radius 3 is 2.56 bits per heavy atom. The first kappa shape index (κ1) is 14.9. The molecule has 0 saturated heterocycles. The van der Waals surface area contributed by atoms with Crippen LogP contribution in [-0.2, 0) is 4.79 Å². The average molecular weight is 225 g/mol. The molecule has 0 aliphatic rings. The Hall–Kier alpha value is -1.07. The van der Waals surface area contributed by atoms with Crippen LogP contribution in [0.4, 0.5) is 0 Å². The molecular formula is C11H20BNO3. The highest BCUT2D eigenvalue weighted by atomic mass is 16.3. The van der Waals surface area contributed by atoms with Crippen LogP contribution in [0, 0.1) is 5.92 Å². The van der Waals surface area contributed by atoms with Crippen molar-refractivity contribution in [3.63, 3.8) is 0 Å². The van der Waals surface area contributed by atoms with Crippen molar-refractivity contribution in [2.24, 2.45) is 5.92 Å². The molecule has 0 aromatic rings. The summed E-state index contributed by atoms with van der Waals surface area (Å²) in [6, 6.07) is 0. The van der Waals surface area contributed by atoms with Crippen LogP contribution < -0.4 is 5.23 Å². The van der Waals surface area contributed by atoms with Crippen LogP contribution in [0.1, 0.15) is 27.2 Å². The molecule has 0 aromatic heterocycles. The summed E-state index contributed by atoms with van der Waals surface area (Å²) in [4.78, 5) is 11.4. The Labute approximate surface area is 97.2 Å². The van der Waals surface area contributed by atoms with Gasteiger partial charge in [0.25, 0.3) is 0 Å². The van der Waals surface area contributed by atoms with Gasteiger partial charge in [0.1, 0.15) is 0 Å². The number of nitrogens with one attached hydrogen (secondary N) is 1. The minimum absolute atomic E-state index is 0.00387. The van der Waals surface area contributed by atoms with Gasteiger partial charge in [-0.2, -0.15) is 0 Å². The summed E-state index contributed by atoms with van der Waals surface area (Å²) < 4.78 is 0. The van der Waals surface area contributed by atoms with E-state index in [1.54, 1.807) is 13.0 Å². The number of hydrogen-bond donors (Lipinski definition) is 3. The summed E-state index contributed by atoms with van der Waals surface area (Å²) in [5.74, 6) is -0.349. The third-order valence-electron chi connectivity index (χ3n) is 2.27. The highest BCUT2D eigenvalue weighted by molar-refractivity contribution is 6.59. The molecule has 0 fully saturated rings. The molecule has 1 atom stereocenters. The summed E-state index contributed by atoms with van der Waals surface area (Å²) in [7, 11) is -1.02. The Bertz CT molecular complexity index is 276. The van der Waals surface area contributed by atoms with Gasteiger partial charge >= 0.3 is 7.05 Å². The van der Waals surface area contributed by atoms with Crippen LogP contribution in [0.15, 0.2) is 24.2 Å². The van der Waals surface area contributed by atoms with Gasteiger partial charge in [-0.15, -0.1) is 0 Å². The Kier molecular flexibility index (Phi) is 6.77. The van der Waals surface area contributed by atoms with E-state index in [0.717, 1.165) is 0 Å². The quantitative estimate of drug-likeness (QED) is 0.459. The number of rotatable bonds is 6. The van der Waals surface area contributed by atoms with Gasteiger partial charge < -0.3 is 15.4 Å². The van der Waals surface area contributed by atoms with E-state index >= 15 is 0 Å². The number of carbonyl (C=O) groups is 1. The van der Waals surface area contributed by atoms with Crippen molar-refractivity contribution in [2.45, 2.75) is 33.3 Å². The van der Waals surface area contributed by atoms with Crippen LogP contribution in [0.2, 0.25) is 0 Å². The number of allylic oxidation sites excluding steroid dienone is 3. The van der Waals surface area contributed by atoms with Gasteiger partial charge in [-0.3, -0.25) is 4.79 Å². The Balaban J connectivity index is 4.15. The van der Waals surface area contributed by atoms with Gasteiger partial charge in [-0.1, -0.05) is 38.1 Å². The van der Waals surface area contributed by atoms with Crippen molar-refractivity contribution in [3.05, 3.63) is 24.2 Å². The average Bonchev–Trinajstić information content (AvgIpc) is 2.17.